The Morgan fingerprint density at radius 3 is 2.89 bits per heavy atom. The molecular weight excluding hydrogens is 260 g/mol. The first kappa shape index (κ1) is 14.0. The van der Waals surface area contributed by atoms with E-state index in [0.29, 0.717) is 12.3 Å². The number of benzene rings is 1. The van der Waals surface area contributed by atoms with E-state index in [1.54, 1.807) is 0 Å². The summed E-state index contributed by atoms with van der Waals surface area (Å²) < 4.78 is 5.47. The first-order valence-corrected chi connectivity index (χ1v) is 6.82. The van der Waals surface area contributed by atoms with Gasteiger partial charge < -0.3 is 15.8 Å². The van der Waals surface area contributed by atoms with Crippen LogP contribution < -0.4 is 11.1 Å². The quantitative estimate of drug-likeness (QED) is 0.831. The fourth-order valence-electron chi connectivity index (χ4n) is 2.26. The van der Waals surface area contributed by atoms with Gasteiger partial charge in [-0.25, -0.2) is 0 Å². The molecule has 2 rings (SSSR count). The molecule has 0 spiro atoms. The molecule has 1 aliphatic rings. The van der Waals surface area contributed by atoms with Gasteiger partial charge in [-0.15, -0.1) is 0 Å². The largest absolute Gasteiger partial charge is 0.389 e. The fourth-order valence-corrected chi connectivity index (χ4v) is 2.53. The number of nitrogens with one attached hydrogen (secondary N) is 1. The van der Waals surface area contributed by atoms with Crippen LogP contribution in [0.4, 0.5) is 5.69 Å². The molecular formula is C14H18N2O2S. The van der Waals surface area contributed by atoms with E-state index >= 15 is 0 Å². The van der Waals surface area contributed by atoms with Crippen molar-refractivity contribution in [2.45, 2.75) is 32.3 Å². The fraction of sp³-hybridized carbons (Fsp3) is 0.429. The first-order chi connectivity index (χ1) is 9.09. The van der Waals surface area contributed by atoms with Crippen molar-refractivity contribution in [2.24, 2.45) is 5.73 Å². The Hall–Kier alpha value is -1.46. The van der Waals surface area contributed by atoms with E-state index in [9.17, 15) is 4.79 Å². The van der Waals surface area contributed by atoms with Crippen molar-refractivity contribution in [1.29, 1.82) is 0 Å². The number of rotatable bonds is 3. The number of amides is 1. The molecule has 1 amide bonds. The van der Waals surface area contributed by atoms with Crippen LogP contribution in [-0.2, 0) is 9.53 Å². The van der Waals surface area contributed by atoms with E-state index in [2.05, 4.69) is 5.32 Å². The van der Waals surface area contributed by atoms with Gasteiger partial charge in [0, 0.05) is 12.2 Å². The van der Waals surface area contributed by atoms with Gasteiger partial charge in [-0.05, 0) is 37.8 Å². The molecule has 0 aliphatic carbocycles. The zero-order valence-electron chi connectivity index (χ0n) is 10.9. The lowest BCUT2D eigenvalue weighted by Crippen LogP contribution is -2.33. The Balaban J connectivity index is 2.16. The molecule has 0 bridgehead atoms. The highest BCUT2D eigenvalue weighted by atomic mass is 32.1. The minimum atomic E-state index is -0.367. The first-order valence-electron chi connectivity index (χ1n) is 6.41. The standard InChI is InChI=1S/C14H18N2O2S/c1-9-5-4-6-10(12(9)13(15)19)16-14(17)11-7-2-3-8-18-11/h4-6,11H,2-3,7-8H2,1H3,(H2,15,19)(H,16,17). The van der Waals surface area contributed by atoms with Gasteiger partial charge in [0.15, 0.2) is 0 Å². The number of carbonyl (C=O) groups excluding carboxylic acids is 1. The molecule has 0 radical (unpaired) electrons. The van der Waals surface area contributed by atoms with E-state index in [1.807, 2.05) is 25.1 Å². The maximum atomic E-state index is 12.1. The summed E-state index contributed by atoms with van der Waals surface area (Å²) in [4.78, 5) is 12.4. The highest BCUT2D eigenvalue weighted by Gasteiger charge is 2.23. The van der Waals surface area contributed by atoms with Crippen LogP contribution >= 0.6 is 12.2 Å². The van der Waals surface area contributed by atoms with Gasteiger partial charge in [0.1, 0.15) is 11.1 Å². The van der Waals surface area contributed by atoms with Gasteiger partial charge in [0.2, 0.25) is 0 Å². The van der Waals surface area contributed by atoms with Crippen LogP contribution in [-0.4, -0.2) is 23.6 Å². The molecule has 102 valence electrons. The maximum Gasteiger partial charge on any atom is 0.253 e. The number of carbonyl (C=O) groups is 1. The molecule has 3 N–H and O–H groups in total. The van der Waals surface area contributed by atoms with Crippen LogP contribution in [0, 0.1) is 6.92 Å². The van der Waals surface area contributed by atoms with E-state index < -0.39 is 0 Å². The SMILES string of the molecule is Cc1cccc(NC(=O)C2CCCCO2)c1C(N)=S. The lowest BCUT2D eigenvalue weighted by molar-refractivity contribution is -0.129. The van der Waals surface area contributed by atoms with Gasteiger partial charge in [-0.2, -0.15) is 0 Å². The number of nitrogens with two attached hydrogens (primary N) is 1. The van der Waals surface area contributed by atoms with Crippen LogP contribution in [0.5, 0.6) is 0 Å². The summed E-state index contributed by atoms with van der Waals surface area (Å²) >= 11 is 5.04. The molecule has 1 atom stereocenters. The van der Waals surface area contributed by atoms with Gasteiger partial charge in [0.25, 0.3) is 5.91 Å². The van der Waals surface area contributed by atoms with Crippen molar-refractivity contribution in [1.82, 2.24) is 0 Å². The van der Waals surface area contributed by atoms with Crippen molar-refractivity contribution in [2.75, 3.05) is 11.9 Å². The minimum Gasteiger partial charge on any atom is -0.389 e. The molecule has 1 heterocycles. The average molecular weight is 278 g/mol. The van der Waals surface area contributed by atoms with Crippen molar-refractivity contribution < 1.29 is 9.53 Å². The normalized spacial score (nSPS) is 18.9. The summed E-state index contributed by atoms with van der Waals surface area (Å²) in [5.41, 5.74) is 8.05. The molecule has 1 unspecified atom stereocenters. The molecule has 1 aromatic carbocycles. The van der Waals surface area contributed by atoms with E-state index in [-0.39, 0.29) is 17.0 Å². The van der Waals surface area contributed by atoms with Gasteiger partial charge in [-0.1, -0.05) is 24.4 Å². The molecule has 0 saturated carbocycles. The van der Waals surface area contributed by atoms with Crippen LogP contribution in [0.15, 0.2) is 18.2 Å². The lowest BCUT2D eigenvalue weighted by Gasteiger charge is -2.22. The lowest BCUT2D eigenvalue weighted by atomic mass is 10.1. The number of thiocarbonyl (C=S) groups is 1. The summed E-state index contributed by atoms with van der Waals surface area (Å²) in [5, 5.41) is 2.87. The van der Waals surface area contributed by atoms with E-state index in [0.717, 1.165) is 30.4 Å². The van der Waals surface area contributed by atoms with Crippen molar-refractivity contribution in [3.05, 3.63) is 29.3 Å². The number of anilines is 1. The number of hydrogen-bond donors (Lipinski definition) is 2. The van der Waals surface area contributed by atoms with Crippen LogP contribution in [0.25, 0.3) is 0 Å². The summed E-state index contributed by atoms with van der Waals surface area (Å²) in [7, 11) is 0. The summed E-state index contributed by atoms with van der Waals surface area (Å²) in [6.07, 6.45) is 2.44. The van der Waals surface area contributed by atoms with Gasteiger partial charge >= 0.3 is 0 Å². The number of aryl methyl sites for hydroxylation is 1. The Morgan fingerprint density at radius 1 is 1.47 bits per heavy atom. The summed E-state index contributed by atoms with van der Waals surface area (Å²) in [6.45, 7) is 2.56. The third-order valence-corrected chi connectivity index (χ3v) is 3.45. The predicted molar refractivity (Wildman–Crippen MR) is 79.3 cm³/mol. The van der Waals surface area contributed by atoms with E-state index in [4.69, 9.17) is 22.7 Å². The summed E-state index contributed by atoms with van der Waals surface area (Å²) in [5.74, 6) is -0.122. The smallest absolute Gasteiger partial charge is 0.253 e. The topological polar surface area (TPSA) is 64.3 Å². The zero-order valence-corrected chi connectivity index (χ0v) is 11.8. The highest BCUT2D eigenvalue weighted by Crippen LogP contribution is 2.21. The Labute approximate surface area is 118 Å². The van der Waals surface area contributed by atoms with Crippen molar-refractivity contribution >= 4 is 28.8 Å². The maximum absolute atomic E-state index is 12.1. The monoisotopic (exact) mass is 278 g/mol. The van der Waals surface area contributed by atoms with Crippen molar-refractivity contribution in [3.8, 4) is 0 Å². The molecule has 1 aliphatic heterocycles. The third kappa shape index (κ3) is 3.30. The van der Waals surface area contributed by atoms with Crippen LogP contribution in [0.1, 0.15) is 30.4 Å². The van der Waals surface area contributed by atoms with Crippen LogP contribution in [0.2, 0.25) is 0 Å². The molecule has 0 aromatic heterocycles. The average Bonchev–Trinajstić information content (AvgIpc) is 2.39. The molecule has 4 nitrogen and oxygen atoms in total. The molecule has 1 saturated heterocycles. The summed E-state index contributed by atoms with van der Waals surface area (Å²) in [6, 6.07) is 5.60. The second kappa shape index (κ2) is 6.12. The highest BCUT2D eigenvalue weighted by molar-refractivity contribution is 7.80. The minimum absolute atomic E-state index is 0.122. The van der Waals surface area contributed by atoms with Crippen LogP contribution in [0.3, 0.4) is 0 Å². The second-order valence-electron chi connectivity index (χ2n) is 4.71. The zero-order chi connectivity index (χ0) is 13.8. The van der Waals surface area contributed by atoms with Crippen molar-refractivity contribution in [3.63, 3.8) is 0 Å². The Morgan fingerprint density at radius 2 is 2.26 bits per heavy atom. The molecule has 1 aromatic rings. The molecule has 5 heteroatoms. The van der Waals surface area contributed by atoms with Gasteiger partial charge in [-0.3, -0.25) is 4.79 Å². The molecule has 19 heavy (non-hydrogen) atoms. The third-order valence-electron chi connectivity index (χ3n) is 3.25. The second-order valence-corrected chi connectivity index (χ2v) is 5.15. The number of ether oxygens (including phenoxy) is 1. The molecule has 1 fully saturated rings. The number of hydrogen-bond acceptors (Lipinski definition) is 3. The predicted octanol–water partition coefficient (Wildman–Crippen LogP) is 2.14. The van der Waals surface area contributed by atoms with E-state index in [1.165, 1.54) is 0 Å². The Kier molecular flexibility index (Phi) is 4.50. The Bertz CT molecular complexity index is 496. The van der Waals surface area contributed by atoms with Gasteiger partial charge in [0.05, 0.1) is 5.69 Å².